The van der Waals surface area contributed by atoms with E-state index < -0.39 is 4.87 Å². The monoisotopic (exact) mass is 382 g/mol. The van der Waals surface area contributed by atoms with Gasteiger partial charge in [-0.15, -0.1) is 11.8 Å². The summed E-state index contributed by atoms with van der Waals surface area (Å²) in [6.07, 6.45) is 0. The molecule has 140 valence electrons. The first kappa shape index (κ1) is 18.1. The number of thioether (sulfide) groups is 1. The molecule has 2 aromatic carbocycles. The van der Waals surface area contributed by atoms with Crippen LogP contribution in [0.2, 0.25) is 0 Å². The van der Waals surface area contributed by atoms with E-state index in [-0.39, 0.29) is 11.8 Å². The number of hydrogen-bond donors (Lipinski definition) is 0. The Morgan fingerprint density at radius 2 is 1.93 bits per heavy atom. The molecule has 2 aromatic rings. The Hall–Kier alpha value is -2.31. The van der Waals surface area contributed by atoms with Gasteiger partial charge in [0.2, 0.25) is 0 Å². The van der Waals surface area contributed by atoms with Crippen LogP contribution < -0.4 is 4.90 Å². The number of benzene rings is 2. The van der Waals surface area contributed by atoms with Gasteiger partial charge in [0, 0.05) is 37.1 Å². The first-order valence-electron chi connectivity index (χ1n) is 9.03. The van der Waals surface area contributed by atoms with E-state index in [1.54, 1.807) is 28.7 Å². The van der Waals surface area contributed by atoms with Crippen molar-refractivity contribution < 1.29 is 14.3 Å². The van der Waals surface area contributed by atoms with Crippen molar-refractivity contribution >= 4 is 29.3 Å². The molecule has 0 bridgehead atoms. The van der Waals surface area contributed by atoms with Gasteiger partial charge < -0.3 is 14.5 Å². The van der Waals surface area contributed by atoms with Crippen LogP contribution in [-0.2, 0) is 14.4 Å². The molecule has 1 fully saturated rings. The molecule has 1 saturated heterocycles. The summed E-state index contributed by atoms with van der Waals surface area (Å²) in [5.74, 6) is 0.593. The molecule has 4 rings (SSSR count). The molecule has 2 amide bonds. The molecule has 6 heteroatoms. The number of carbonyl (C=O) groups is 2. The van der Waals surface area contributed by atoms with Gasteiger partial charge in [-0.2, -0.15) is 0 Å². The molecule has 0 aromatic heterocycles. The predicted octanol–water partition coefficient (Wildman–Crippen LogP) is 3.03. The lowest BCUT2D eigenvalue weighted by Gasteiger charge is -2.33. The molecule has 0 aliphatic carbocycles. The van der Waals surface area contributed by atoms with Crippen LogP contribution in [0.5, 0.6) is 0 Å². The maximum atomic E-state index is 13.6. The number of anilines is 1. The van der Waals surface area contributed by atoms with Crippen LogP contribution in [0.25, 0.3) is 0 Å². The first-order chi connectivity index (χ1) is 13.1. The fourth-order valence-electron chi connectivity index (χ4n) is 3.93. The minimum Gasteiger partial charge on any atom is -0.383 e. The topological polar surface area (TPSA) is 49.9 Å². The van der Waals surface area contributed by atoms with Crippen molar-refractivity contribution in [3.05, 3.63) is 65.2 Å². The quantitative estimate of drug-likeness (QED) is 0.816. The summed E-state index contributed by atoms with van der Waals surface area (Å²) >= 11 is 1.55. The van der Waals surface area contributed by atoms with Crippen LogP contribution in [0.1, 0.15) is 21.5 Å². The average Bonchev–Trinajstić information content (AvgIpc) is 3.23. The van der Waals surface area contributed by atoms with E-state index in [2.05, 4.69) is 0 Å². The maximum Gasteiger partial charge on any atom is 0.268 e. The third kappa shape index (κ3) is 2.66. The largest absolute Gasteiger partial charge is 0.383 e. The number of amides is 2. The summed E-state index contributed by atoms with van der Waals surface area (Å²) in [6.45, 7) is 3.40. The first-order valence-corrected chi connectivity index (χ1v) is 10.0. The molecule has 1 spiro atoms. The van der Waals surface area contributed by atoms with E-state index in [4.69, 9.17) is 4.74 Å². The Morgan fingerprint density at radius 3 is 2.70 bits per heavy atom. The van der Waals surface area contributed by atoms with Crippen molar-refractivity contribution in [2.24, 2.45) is 0 Å². The molecule has 2 aliphatic rings. The second-order valence-corrected chi connectivity index (χ2v) is 8.02. The minimum atomic E-state index is -0.982. The number of fused-ring (bicyclic) bond motifs is 2. The Bertz CT molecular complexity index is 901. The van der Waals surface area contributed by atoms with Crippen LogP contribution in [-0.4, -0.2) is 49.3 Å². The molecule has 0 saturated carbocycles. The van der Waals surface area contributed by atoms with E-state index >= 15 is 0 Å². The minimum absolute atomic E-state index is 0.0508. The van der Waals surface area contributed by atoms with Gasteiger partial charge >= 0.3 is 0 Å². The number of rotatable bonds is 4. The van der Waals surface area contributed by atoms with Gasteiger partial charge in [-0.05, 0) is 24.6 Å². The number of aryl methyl sites for hydroxylation is 1. The standard InChI is InChI=1S/C21H22N2O3S/c1-15-7-3-4-8-16(15)19(24)23-12-14-27-21(23)17-9-5-6-10-18(17)22(20(21)25)11-13-26-2/h3-10H,11-14H2,1-2H3/t21-/m1/s1. The summed E-state index contributed by atoms with van der Waals surface area (Å²) < 4.78 is 5.20. The second-order valence-electron chi connectivity index (χ2n) is 6.73. The van der Waals surface area contributed by atoms with E-state index in [9.17, 15) is 9.59 Å². The third-order valence-corrected chi connectivity index (χ3v) is 6.66. The summed E-state index contributed by atoms with van der Waals surface area (Å²) in [4.78, 5) is 29.5. The smallest absolute Gasteiger partial charge is 0.268 e. The van der Waals surface area contributed by atoms with Crippen LogP contribution in [0.4, 0.5) is 5.69 Å². The molecule has 0 radical (unpaired) electrons. The number of methoxy groups -OCH3 is 1. The number of carbonyl (C=O) groups excluding carboxylic acids is 2. The highest BCUT2D eigenvalue weighted by atomic mass is 32.2. The SMILES string of the molecule is COCCN1C(=O)[C@]2(SCCN2C(=O)c2ccccc2C)c2ccccc21. The van der Waals surface area contributed by atoms with Gasteiger partial charge in [-0.25, -0.2) is 0 Å². The van der Waals surface area contributed by atoms with E-state index in [1.165, 1.54) is 0 Å². The van der Waals surface area contributed by atoms with Gasteiger partial charge in [0.25, 0.3) is 11.8 Å². The highest BCUT2D eigenvalue weighted by Gasteiger charge is 2.59. The highest BCUT2D eigenvalue weighted by Crippen LogP contribution is 2.54. The Balaban J connectivity index is 1.80. The molecule has 1 atom stereocenters. The zero-order valence-electron chi connectivity index (χ0n) is 15.5. The van der Waals surface area contributed by atoms with Gasteiger partial charge in [0.05, 0.1) is 12.3 Å². The lowest BCUT2D eigenvalue weighted by atomic mass is 10.0. The zero-order chi connectivity index (χ0) is 19.0. The van der Waals surface area contributed by atoms with Crippen molar-refractivity contribution in [2.45, 2.75) is 11.8 Å². The van der Waals surface area contributed by atoms with Gasteiger partial charge in [0.15, 0.2) is 4.87 Å². The van der Waals surface area contributed by atoms with Gasteiger partial charge in [-0.3, -0.25) is 9.59 Å². The summed E-state index contributed by atoms with van der Waals surface area (Å²) in [6, 6.07) is 15.3. The Labute approximate surface area is 163 Å². The molecule has 2 aliphatic heterocycles. The number of hydrogen-bond acceptors (Lipinski definition) is 4. The predicted molar refractivity (Wildman–Crippen MR) is 107 cm³/mol. The molecular formula is C21H22N2O3S. The summed E-state index contributed by atoms with van der Waals surface area (Å²) in [5, 5.41) is 0. The number of ether oxygens (including phenoxy) is 1. The van der Waals surface area contributed by atoms with Crippen molar-refractivity contribution in [1.82, 2.24) is 4.90 Å². The van der Waals surface area contributed by atoms with Crippen LogP contribution in [0, 0.1) is 6.92 Å². The highest BCUT2D eigenvalue weighted by molar-refractivity contribution is 8.01. The number of para-hydroxylation sites is 1. The zero-order valence-corrected chi connectivity index (χ0v) is 16.3. The molecule has 0 N–H and O–H groups in total. The normalized spacial score (nSPS) is 21.2. The lowest BCUT2D eigenvalue weighted by Crippen LogP contribution is -2.51. The maximum absolute atomic E-state index is 13.6. The van der Waals surface area contributed by atoms with Gasteiger partial charge in [0.1, 0.15) is 0 Å². The van der Waals surface area contributed by atoms with E-state index in [1.807, 2.05) is 55.5 Å². The molecule has 2 heterocycles. The molecule has 27 heavy (non-hydrogen) atoms. The molecular weight excluding hydrogens is 360 g/mol. The van der Waals surface area contributed by atoms with E-state index in [0.29, 0.717) is 25.3 Å². The van der Waals surface area contributed by atoms with Crippen LogP contribution in [0.15, 0.2) is 48.5 Å². The van der Waals surface area contributed by atoms with Crippen molar-refractivity contribution in [2.75, 3.05) is 37.5 Å². The van der Waals surface area contributed by atoms with Crippen molar-refractivity contribution in [3.63, 3.8) is 0 Å². The van der Waals surface area contributed by atoms with Crippen LogP contribution in [0.3, 0.4) is 0 Å². The van der Waals surface area contributed by atoms with Gasteiger partial charge in [-0.1, -0.05) is 36.4 Å². The average molecular weight is 382 g/mol. The summed E-state index contributed by atoms with van der Waals surface area (Å²) in [7, 11) is 1.63. The van der Waals surface area contributed by atoms with Crippen LogP contribution >= 0.6 is 11.8 Å². The summed E-state index contributed by atoms with van der Waals surface area (Å²) in [5.41, 5.74) is 3.34. The lowest BCUT2D eigenvalue weighted by molar-refractivity contribution is -0.123. The molecule has 0 unspecified atom stereocenters. The Morgan fingerprint density at radius 1 is 1.19 bits per heavy atom. The third-order valence-electron chi connectivity index (χ3n) is 5.24. The second kappa shape index (κ2) is 7.02. The Kier molecular flexibility index (Phi) is 4.70. The molecule has 5 nitrogen and oxygen atoms in total. The van der Waals surface area contributed by atoms with Crippen molar-refractivity contribution in [1.29, 1.82) is 0 Å². The fraction of sp³-hybridized carbons (Fsp3) is 0.333. The number of nitrogens with zero attached hydrogens (tertiary/aromatic N) is 2. The fourth-order valence-corrected chi connectivity index (χ4v) is 5.39. The van der Waals surface area contributed by atoms with Crippen molar-refractivity contribution in [3.8, 4) is 0 Å². The van der Waals surface area contributed by atoms with E-state index in [0.717, 1.165) is 22.6 Å².